The van der Waals surface area contributed by atoms with Crippen molar-refractivity contribution in [1.82, 2.24) is 0 Å². The molecule has 0 bridgehead atoms. The highest BCUT2D eigenvalue weighted by Crippen LogP contribution is 2.55. The van der Waals surface area contributed by atoms with Crippen molar-refractivity contribution in [2.75, 3.05) is 4.90 Å². The molecule has 49 heavy (non-hydrogen) atoms. The van der Waals surface area contributed by atoms with E-state index in [4.69, 9.17) is 4.42 Å². The largest absolute Gasteiger partial charge is 0.456 e. The molecule has 0 amide bonds. The number of rotatable bonds is 4. The third-order valence-electron chi connectivity index (χ3n) is 11.4. The van der Waals surface area contributed by atoms with Crippen LogP contribution in [0.2, 0.25) is 0 Å². The number of benzene rings is 7. The molecule has 0 saturated heterocycles. The molecule has 1 aromatic heterocycles. The fourth-order valence-electron chi connectivity index (χ4n) is 8.83. The zero-order chi connectivity index (χ0) is 32.9. The molecule has 2 heteroatoms. The minimum Gasteiger partial charge on any atom is -0.456 e. The molecule has 10 rings (SSSR count). The summed E-state index contributed by atoms with van der Waals surface area (Å²) >= 11 is 0. The van der Waals surface area contributed by atoms with Crippen molar-refractivity contribution in [2.24, 2.45) is 0 Å². The lowest BCUT2D eigenvalue weighted by Gasteiger charge is -2.31. The molecule has 0 aliphatic heterocycles. The normalized spacial score (nSPS) is 16.7. The van der Waals surface area contributed by atoms with Gasteiger partial charge in [0.05, 0.1) is 0 Å². The second-order valence-corrected chi connectivity index (χ2v) is 14.3. The van der Waals surface area contributed by atoms with Gasteiger partial charge in [-0.15, -0.1) is 0 Å². The van der Waals surface area contributed by atoms with Crippen LogP contribution in [0.5, 0.6) is 0 Å². The number of hydrogen-bond donors (Lipinski definition) is 0. The van der Waals surface area contributed by atoms with Gasteiger partial charge < -0.3 is 9.32 Å². The van der Waals surface area contributed by atoms with Crippen molar-refractivity contribution in [3.8, 4) is 22.3 Å². The lowest BCUT2D eigenvalue weighted by atomic mass is 9.74. The van der Waals surface area contributed by atoms with Crippen LogP contribution in [-0.4, -0.2) is 0 Å². The first-order valence-electron chi connectivity index (χ1n) is 17.2. The molecule has 1 unspecified atom stereocenters. The van der Waals surface area contributed by atoms with Gasteiger partial charge in [-0.1, -0.05) is 123 Å². The minimum absolute atomic E-state index is 0.107. The SMILES string of the molecule is CC1(C)c2ccccc2-c2ccc(N(c3ccc4c(c3)C(C)(c3ccccc3)c3ccccc3-4)c3ccc4oc5ccccc5c4c3)cc21. The maximum absolute atomic E-state index is 6.28. The predicted molar refractivity (Wildman–Crippen MR) is 203 cm³/mol. The van der Waals surface area contributed by atoms with Crippen molar-refractivity contribution in [3.63, 3.8) is 0 Å². The van der Waals surface area contributed by atoms with E-state index in [9.17, 15) is 0 Å². The maximum atomic E-state index is 6.28. The van der Waals surface area contributed by atoms with Gasteiger partial charge >= 0.3 is 0 Å². The van der Waals surface area contributed by atoms with Gasteiger partial charge in [0.2, 0.25) is 0 Å². The van der Waals surface area contributed by atoms with Crippen LogP contribution in [-0.2, 0) is 10.8 Å². The topological polar surface area (TPSA) is 16.4 Å². The monoisotopic (exact) mass is 629 g/mol. The van der Waals surface area contributed by atoms with Crippen LogP contribution in [0, 0.1) is 0 Å². The number of anilines is 3. The summed E-state index contributed by atoms with van der Waals surface area (Å²) in [5, 5.41) is 2.25. The Labute approximate surface area is 286 Å². The van der Waals surface area contributed by atoms with Crippen molar-refractivity contribution >= 4 is 39.0 Å². The van der Waals surface area contributed by atoms with E-state index in [2.05, 4.69) is 177 Å². The van der Waals surface area contributed by atoms with E-state index in [-0.39, 0.29) is 10.8 Å². The van der Waals surface area contributed by atoms with Gasteiger partial charge in [0.25, 0.3) is 0 Å². The Balaban J connectivity index is 1.22. The molecule has 2 nitrogen and oxygen atoms in total. The summed E-state index contributed by atoms with van der Waals surface area (Å²) in [6.45, 7) is 7.10. The summed E-state index contributed by atoms with van der Waals surface area (Å²) in [5.74, 6) is 0. The van der Waals surface area contributed by atoms with Crippen molar-refractivity contribution in [1.29, 1.82) is 0 Å². The number of para-hydroxylation sites is 1. The Kier molecular flexibility index (Phi) is 5.79. The number of furan rings is 1. The van der Waals surface area contributed by atoms with E-state index < -0.39 is 0 Å². The number of hydrogen-bond acceptors (Lipinski definition) is 2. The van der Waals surface area contributed by atoms with Crippen LogP contribution in [0.1, 0.15) is 48.6 Å². The quantitative estimate of drug-likeness (QED) is 0.193. The van der Waals surface area contributed by atoms with Gasteiger partial charge in [-0.25, -0.2) is 0 Å². The third-order valence-corrected chi connectivity index (χ3v) is 11.4. The van der Waals surface area contributed by atoms with Crippen LogP contribution in [0.4, 0.5) is 17.1 Å². The number of nitrogens with zero attached hydrogens (tertiary/aromatic N) is 1. The molecule has 0 spiro atoms. The van der Waals surface area contributed by atoms with E-state index in [1.54, 1.807) is 0 Å². The van der Waals surface area contributed by atoms with Gasteiger partial charge in [-0.05, 0) is 106 Å². The highest BCUT2D eigenvalue weighted by molar-refractivity contribution is 6.06. The molecule has 0 saturated carbocycles. The fraction of sp³-hybridized carbons (Fsp3) is 0.106. The fourth-order valence-corrected chi connectivity index (χ4v) is 8.83. The minimum atomic E-state index is -0.291. The van der Waals surface area contributed by atoms with Crippen LogP contribution < -0.4 is 4.90 Å². The average molecular weight is 630 g/mol. The molecule has 8 aromatic rings. The molecule has 1 heterocycles. The first-order chi connectivity index (χ1) is 23.9. The molecule has 0 N–H and O–H groups in total. The Morgan fingerprint density at radius 2 is 0.939 bits per heavy atom. The predicted octanol–water partition coefficient (Wildman–Crippen LogP) is 12.7. The van der Waals surface area contributed by atoms with Gasteiger partial charge in [0, 0.05) is 38.7 Å². The maximum Gasteiger partial charge on any atom is 0.135 e. The first kappa shape index (κ1) is 28.2. The molecule has 234 valence electrons. The van der Waals surface area contributed by atoms with Crippen LogP contribution in [0.3, 0.4) is 0 Å². The standard InChI is InChI=1S/C47H35NO/c1-46(2)40-18-10-7-15-34(40)36-24-21-32(28-42(36)46)48(31-23-26-45-39(27-31)38-17-9-12-20-44(38)49-45)33-22-25-37-35-16-8-11-19-41(35)47(3,43(37)29-33)30-13-5-4-6-14-30/h4-29H,1-3H3. The Hall–Kier alpha value is -5.86. The highest BCUT2D eigenvalue weighted by atomic mass is 16.3. The van der Waals surface area contributed by atoms with Gasteiger partial charge in [-0.2, -0.15) is 0 Å². The third kappa shape index (κ3) is 3.89. The molecular formula is C47H35NO. The molecule has 7 aromatic carbocycles. The molecular weight excluding hydrogens is 595 g/mol. The summed E-state index contributed by atoms with van der Waals surface area (Å²) in [4.78, 5) is 2.44. The van der Waals surface area contributed by atoms with Gasteiger partial charge in [0.15, 0.2) is 0 Å². The summed E-state index contributed by atoms with van der Waals surface area (Å²) in [5.41, 5.74) is 16.8. The van der Waals surface area contributed by atoms with E-state index in [0.717, 1.165) is 39.0 Å². The molecule has 0 fully saturated rings. The van der Waals surface area contributed by atoms with E-state index in [1.807, 2.05) is 6.07 Å². The molecule has 2 aliphatic rings. The molecule has 2 aliphatic carbocycles. The van der Waals surface area contributed by atoms with Crippen molar-refractivity contribution in [3.05, 3.63) is 186 Å². The second kappa shape index (κ2) is 10.1. The average Bonchev–Trinajstić information content (AvgIpc) is 3.73. The second-order valence-electron chi connectivity index (χ2n) is 14.3. The lowest BCUT2D eigenvalue weighted by molar-refractivity contribution is 0.660. The van der Waals surface area contributed by atoms with Crippen molar-refractivity contribution < 1.29 is 4.42 Å². The Bertz CT molecular complexity index is 2610. The van der Waals surface area contributed by atoms with Gasteiger partial charge in [-0.3, -0.25) is 0 Å². The Morgan fingerprint density at radius 3 is 1.71 bits per heavy atom. The molecule has 0 radical (unpaired) electrons. The zero-order valence-corrected chi connectivity index (χ0v) is 27.9. The van der Waals surface area contributed by atoms with Crippen molar-refractivity contribution in [2.45, 2.75) is 31.6 Å². The van der Waals surface area contributed by atoms with E-state index in [1.165, 1.54) is 50.1 Å². The summed E-state index contributed by atoms with van der Waals surface area (Å²) in [6, 6.07) is 57.8. The first-order valence-corrected chi connectivity index (χ1v) is 17.2. The van der Waals surface area contributed by atoms with Gasteiger partial charge in [0.1, 0.15) is 11.2 Å². The Morgan fingerprint density at radius 1 is 0.408 bits per heavy atom. The smallest absolute Gasteiger partial charge is 0.135 e. The van der Waals surface area contributed by atoms with Crippen LogP contribution in [0.15, 0.2) is 162 Å². The summed E-state index contributed by atoms with van der Waals surface area (Å²) in [6.07, 6.45) is 0. The number of fused-ring (bicyclic) bond motifs is 9. The molecule has 1 atom stereocenters. The summed E-state index contributed by atoms with van der Waals surface area (Å²) in [7, 11) is 0. The van der Waals surface area contributed by atoms with Crippen LogP contribution >= 0.6 is 0 Å². The summed E-state index contributed by atoms with van der Waals surface area (Å²) < 4.78 is 6.28. The zero-order valence-electron chi connectivity index (χ0n) is 27.9. The van der Waals surface area contributed by atoms with Crippen LogP contribution in [0.25, 0.3) is 44.2 Å². The highest BCUT2D eigenvalue weighted by Gasteiger charge is 2.41. The lowest BCUT2D eigenvalue weighted by Crippen LogP contribution is -2.23. The van der Waals surface area contributed by atoms with E-state index in [0.29, 0.717) is 0 Å². The van der Waals surface area contributed by atoms with E-state index >= 15 is 0 Å².